The first kappa shape index (κ1) is 28.1. The fraction of sp³-hybridized carbons (Fsp3) is 0.138. The molecule has 10 nitrogen and oxygen atoms in total. The number of benzene rings is 4. The van der Waals surface area contributed by atoms with Crippen molar-refractivity contribution in [2.45, 2.75) is 22.9 Å². The average Bonchev–Trinajstić information content (AvgIpc) is 3.45. The van der Waals surface area contributed by atoms with Gasteiger partial charge in [0.25, 0.3) is 21.6 Å². The van der Waals surface area contributed by atoms with Crippen molar-refractivity contribution in [3.8, 4) is 11.5 Å². The fourth-order valence-electron chi connectivity index (χ4n) is 4.16. The van der Waals surface area contributed by atoms with Gasteiger partial charge in [-0.3, -0.25) is 19.8 Å². The maximum atomic E-state index is 12.9. The number of non-ortho nitro benzene ring substituents is 1. The summed E-state index contributed by atoms with van der Waals surface area (Å²) in [5.74, 6) is 1.15. The van der Waals surface area contributed by atoms with Crippen LogP contribution in [0.4, 0.5) is 5.69 Å². The lowest BCUT2D eigenvalue weighted by Gasteiger charge is -2.22. The molecule has 1 aliphatic rings. The number of nitrogens with one attached hydrogen (secondary N) is 1. The number of nitro groups is 1. The first-order valence-corrected chi connectivity index (χ1v) is 14.9. The molecule has 1 N–H and O–H groups in total. The SMILES string of the molecule is O=C(NS(=O)(=O)c1ccc(CN(CSc2ccccc2)Cc2ccc3c(c2)OCO3)cc1)c1cccc([N+](=O)[O-])c1. The molecule has 210 valence electrons. The molecule has 0 bridgehead atoms. The van der Waals surface area contributed by atoms with Crippen LogP contribution in [0, 0.1) is 10.1 Å². The standard InChI is InChI=1S/C29H25N3O7S2/c33-29(23-5-4-6-24(16-23)32(34)35)30-41(36,37)26-12-9-21(10-13-26)17-31(19-40-25-7-2-1-3-8-25)18-22-11-14-27-28(15-22)39-20-38-27/h1-16H,17-20H2,(H,30,33). The van der Waals surface area contributed by atoms with Gasteiger partial charge in [-0.05, 0) is 53.6 Å². The summed E-state index contributed by atoms with van der Waals surface area (Å²) in [5, 5.41) is 11.0. The Morgan fingerprint density at radius 1 is 0.878 bits per heavy atom. The minimum atomic E-state index is -4.20. The third-order valence-corrected chi connectivity index (χ3v) is 8.63. The van der Waals surface area contributed by atoms with E-state index in [0.29, 0.717) is 30.5 Å². The predicted octanol–water partition coefficient (Wildman–Crippen LogP) is 5.19. The Hall–Kier alpha value is -4.39. The zero-order valence-corrected chi connectivity index (χ0v) is 23.3. The number of nitro benzene ring substituents is 1. The van der Waals surface area contributed by atoms with E-state index in [1.165, 1.54) is 30.3 Å². The van der Waals surface area contributed by atoms with Crippen LogP contribution < -0.4 is 14.2 Å². The van der Waals surface area contributed by atoms with E-state index in [2.05, 4.69) is 4.90 Å². The van der Waals surface area contributed by atoms with Gasteiger partial charge in [0.2, 0.25) is 6.79 Å². The molecule has 0 aromatic heterocycles. The van der Waals surface area contributed by atoms with Crippen molar-refractivity contribution in [2.75, 3.05) is 12.7 Å². The van der Waals surface area contributed by atoms with Crippen LogP contribution in [0.3, 0.4) is 0 Å². The molecule has 1 amide bonds. The average molecular weight is 592 g/mol. The molecule has 5 rings (SSSR count). The molecule has 0 aliphatic carbocycles. The van der Waals surface area contributed by atoms with Crippen molar-refractivity contribution in [1.82, 2.24) is 9.62 Å². The van der Waals surface area contributed by atoms with Crippen LogP contribution in [0.5, 0.6) is 11.5 Å². The Balaban J connectivity index is 1.28. The van der Waals surface area contributed by atoms with Crippen molar-refractivity contribution in [3.05, 3.63) is 124 Å². The number of amides is 1. The van der Waals surface area contributed by atoms with Crippen LogP contribution in [-0.4, -0.2) is 36.8 Å². The Labute approximate surface area is 241 Å². The number of fused-ring (bicyclic) bond motifs is 1. The molecule has 0 fully saturated rings. The fourth-order valence-corrected chi connectivity index (χ4v) is 6.00. The van der Waals surface area contributed by atoms with Gasteiger partial charge in [0.15, 0.2) is 11.5 Å². The second-order valence-corrected chi connectivity index (χ2v) is 11.8. The quantitative estimate of drug-likeness (QED) is 0.108. The van der Waals surface area contributed by atoms with Crippen LogP contribution in [0.15, 0.2) is 107 Å². The Morgan fingerprint density at radius 3 is 2.34 bits per heavy atom. The van der Waals surface area contributed by atoms with E-state index >= 15 is 0 Å². The molecular weight excluding hydrogens is 566 g/mol. The molecule has 1 heterocycles. The van der Waals surface area contributed by atoms with Crippen LogP contribution in [0.1, 0.15) is 21.5 Å². The van der Waals surface area contributed by atoms with Crippen LogP contribution in [0.25, 0.3) is 0 Å². The Kier molecular flexibility index (Phi) is 8.53. The minimum Gasteiger partial charge on any atom is -0.454 e. The predicted molar refractivity (Wildman–Crippen MR) is 153 cm³/mol. The lowest BCUT2D eigenvalue weighted by atomic mass is 10.1. The van der Waals surface area contributed by atoms with Crippen LogP contribution >= 0.6 is 11.8 Å². The summed E-state index contributed by atoms with van der Waals surface area (Å²) in [4.78, 5) is 26.1. The maximum Gasteiger partial charge on any atom is 0.270 e. The number of nitrogens with zero attached hydrogens (tertiary/aromatic N) is 2. The molecular formula is C29H25N3O7S2. The minimum absolute atomic E-state index is 0.0963. The van der Waals surface area contributed by atoms with Gasteiger partial charge in [0.05, 0.1) is 9.82 Å². The van der Waals surface area contributed by atoms with Gasteiger partial charge < -0.3 is 9.47 Å². The van der Waals surface area contributed by atoms with E-state index < -0.39 is 20.9 Å². The number of carbonyl (C=O) groups is 1. The summed E-state index contributed by atoms with van der Waals surface area (Å²) in [7, 11) is -4.20. The first-order valence-electron chi connectivity index (χ1n) is 12.5. The molecule has 1 aliphatic heterocycles. The summed E-state index contributed by atoms with van der Waals surface area (Å²) in [6.45, 7) is 1.36. The number of rotatable bonds is 11. The summed E-state index contributed by atoms with van der Waals surface area (Å²) in [6.07, 6.45) is 0. The summed E-state index contributed by atoms with van der Waals surface area (Å²) in [5.41, 5.74) is 1.49. The smallest absolute Gasteiger partial charge is 0.270 e. The number of hydrogen-bond donors (Lipinski definition) is 1. The molecule has 4 aromatic carbocycles. The highest BCUT2D eigenvalue weighted by molar-refractivity contribution is 7.99. The number of ether oxygens (including phenoxy) is 2. The second kappa shape index (κ2) is 12.4. The molecule has 4 aromatic rings. The zero-order valence-electron chi connectivity index (χ0n) is 21.6. The Bertz CT molecular complexity index is 1660. The van der Waals surface area contributed by atoms with Gasteiger partial charge in [0.1, 0.15) is 0 Å². The number of sulfonamides is 1. The summed E-state index contributed by atoms with van der Waals surface area (Å²) < 4.78 is 38.6. The van der Waals surface area contributed by atoms with Crippen LogP contribution in [0.2, 0.25) is 0 Å². The highest BCUT2D eigenvalue weighted by Crippen LogP contribution is 2.33. The van der Waals surface area contributed by atoms with E-state index in [-0.39, 0.29) is 22.9 Å². The number of thioether (sulfide) groups is 1. The van der Waals surface area contributed by atoms with Crippen molar-refractivity contribution in [2.24, 2.45) is 0 Å². The van der Waals surface area contributed by atoms with Gasteiger partial charge in [-0.25, -0.2) is 13.1 Å². The third-order valence-electron chi connectivity index (χ3n) is 6.19. The van der Waals surface area contributed by atoms with Gasteiger partial charge in [0, 0.05) is 41.6 Å². The maximum absolute atomic E-state index is 12.9. The zero-order chi connectivity index (χ0) is 28.8. The first-order chi connectivity index (χ1) is 19.8. The topological polar surface area (TPSA) is 128 Å². The lowest BCUT2D eigenvalue weighted by molar-refractivity contribution is -0.384. The van der Waals surface area contributed by atoms with Crippen LogP contribution in [-0.2, 0) is 23.1 Å². The van der Waals surface area contributed by atoms with Gasteiger partial charge in [-0.2, -0.15) is 0 Å². The summed E-state index contributed by atoms with van der Waals surface area (Å²) in [6, 6.07) is 27.0. The van der Waals surface area contributed by atoms with E-state index in [9.17, 15) is 23.3 Å². The summed E-state index contributed by atoms with van der Waals surface area (Å²) >= 11 is 1.69. The van der Waals surface area contributed by atoms with Crippen molar-refractivity contribution < 1.29 is 27.6 Å². The van der Waals surface area contributed by atoms with Gasteiger partial charge in [-0.1, -0.05) is 42.5 Å². The second-order valence-electron chi connectivity index (χ2n) is 9.15. The van der Waals surface area contributed by atoms with Gasteiger partial charge in [-0.15, -0.1) is 11.8 Å². The molecule has 41 heavy (non-hydrogen) atoms. The Morgan fingerprint density at radius 2 is 1.59 bits per heavy atom. The number of carbonyl (C=O) groups excluding carboxylic acids is 1. The molecule has 0 saturated heterocycles. The van der Waals surface area contributed by atoms with E-state index in [4.69, 9.17) is 9.47 Å². The highest BCUT2D eigenvalue weighted by Gasteiger charge is 2.21. The monoisotopic (exact) mass is 591 g/mol. The molecule has 0 radical (unpaired) electrons. The van der Waals surface area contributed by atoms with E-state index in [1.54, 1.807) is 23.9 Å². The molecule has 0 unspecified atom stereocenters. The molecule has 0 spiro atoms. The normalized spacial score (nSPS) is 12.3. The largest absolute Gasteiger partial charge is 0.454 e. The lowest BCUT2D eigenvalue weighted by Crippen LogP contribution is -2.30. The van der Waals surface area contributed by atoms with Crippen molar-refractivity contribution in [1.29, 1.82) is 0 Å². The van der Waals surface area contributed by atoms with Crippen molar-refractivity contribution in [3.63, 3.8) is 0 Å². The molecule has 12 heteroatoms. The third kappa shape index (κ3) is 7.23. The molecule has 0 atom stereocenters. The van der Waals surface area contributed by atoms with E-state index in [0.717, 1.165) is 22.1 Å². The number of hydrogen-bond acceptors (Lipinski definition) is 9. The molecule has 0 saturated carbocycles. The highest BCUT2D eigenvalue weighted by atomic mass is 32.2. The van der Waals surface area contributed by atoms with Gasteiger partial charge >= 0.3 is 0 Å². The van der Waals surface area contributed by atoms with E-state index in [1.807, 2.05) is 53.3 Å². The van der Waals surface area contributed by atoms with Crippen molar-refractivity contribution >= 4 is 33.4 Å².